The summed E-state index contributed by atoms with van der Waals surface area (Å²) in [5.41, 5.74) is 1.18. The highest BCUT2D eigenvalue weighted by Crippen LogP contribution is 2.26. The monoisotopic (exact) mass is 326 g/mol. The molecule has 2 rings (SSSR count). The molecule has 0 spiro atoms. The number of nitrogens with zero attached hydrogens (tertiary/aromatic N) is 2. The molecule has 1 heterocycles. The van der Waals surface area contributed by atoms with Gasteiger partial charge in [0.25, 0.3) is 5.69 Å². The number of hydrogen-bond acceptors (Lipinski definition) is 3. The number of nitro groups is 1. The minimum Gasteiger partial charge on any atom is -0.299 e. The molecule has 1 aromatic carbocycles. The van der Waals surface area contributed by atoms with E-state index in [9.17, 15) is 10.1 Å². The largest absolute Gasteiger partial charge is 0.299 e. The number of nitro benzene ring substituents is 1. The maximum absolute atomic E-state index is 10.9. The molecule has 104 valence electrons. The molecule has 1 saturated heterocycles. The van der Waals surface area contributed by atoms with Gasteiger partial charge >= 0.3 is 0 Å². The Labute approximate surface area is 122 Å². The summed E-state index contributed by atoms with van der Waals surface area (Å²) < 4.78 is 0.550. The molecule has 0 N–H and O–H groups in total. The summed E-state index contributed by atoms with van der Waals surface area (Å²) in [5.74, 6) is 0. The van der Waals surface area contributed by atoms with E-state index < -0.39 is 0 Å². The summed E-state index contributed by atoms with van der Waals surface area (Å²) in [4.78, 5) is 13.0. The van der Waals surface area contributed by atoms with Crippen LogP contribution in [-0.4, -0.2) is 22.9 Å². The second kappa shape index (κ2) is 7.01. The standard InChI is InChI=1S/C14H19BrN2O2/c15-13-7-6-12(10-14(13)17(18)19)11-16-8-4-2-1-3-5-9-16/h6-7,10H,1-5,8-9,11H2. The van der Waals surface area contributed by atoms with Crippen LogP contribution in [-0.2, 0) is 6.54 Å². The normalized spacial score (nSPS) is 17.7. The highest BCUT2D eigenvalue weighted by molar-refractivity contribution is 9.10. The van der Waals surface area contributed by atoms with Gasteiger partial charge in [-0.3, -0.25) is 15.0 Å². The molecular weight excluding hydrogens is 308 g/mol. The zero-order valence-electron chi connectivity index (χ0n) is 11.0. The SMILES string of the molecule is O=[N+]([O-])c1cc(CN2CCCCCCC2)ccc1Br. The summed E-state index contributed by atoms with van der Waals surface area (Å²) in [6.07, 6.45) is 6.42. The average Bonchev–Trinajstić information content (AvgIpc) is 2.34. The van der Waals surface area contributed by atoms with Gasteiger partial charge in [0.1, 0.15) is 0 Å². The molecule has 0 amide bonds. The minimum atomic E-state index is -0.332. The Kier molecular flexibility index (Phi) is 5.34. The average molecular weight is 327 g/mol. The van der Waals surface area contributed by atoms with E-state index >= 15 is 0 Å². The van der Waals surface area contributed by atoms with E-state index in [0.717, 1.165) is 25.2 Å². The summed E-state index contributed by atoms with van der Waals surface area (Å²) in [6.45, 7) is 3.02. The van der Waals surface area contributed by atoms with Gasteiger partial charge in [-0.2, -0.15) is 0 Å². The zero-order valence-corrected chi connectivity index (χ0v) is 12.6. The second-order valence-electron chi connectivity index (χ2n) is 5.09. The smallest absolute Gasteiger partial charge is 0.283 e. The maximum Gasteiger partial charge on any atom is 0.283 e. The van der Waals surface area contributed by atoms with Gasteiger partial charge in [-0.25, -0.2) is 0 Å². The highest BCUT2D eigenvalue weighted by atomic mass is 79.9. The van der Waals surface area contributed by atoms with E-state index in [0.29, 0.717) is 4.47 Å². The van der Waals surface area contributed by atoms with Crippen molar-refractivity contribution in [2.24, 2.45) is 0 Å². The van der Waals surface area contributed by atoms with Crippen molar-refractivity contribution in [1.29, 1.82) is 0 Å². The first kappa shape index (κ1) is 14.5. The van der Waals surface area contributed by atoms with Gasteiger partial charge in [0.05, 0.1) is 9.40 Å². The molecule has 0 saturated carbocycles. The lowest BCUT2D eigenvalue weighted by molar-refractivity contribution is -0.385. The fourth-order valence-corrected chi connectivity index (χ4v) is 2.92. The molecule has 1 aliphatic rings. The molecule has 4 nitrogen and oxygen atoms in total. The fraction of sp³-hybridized carbons (Fsp3) is 0.571. The molecule has 1 fully saturated rings. The van der Waals surface area contributed by atoms with Crippen LogP contribution >= 0.6 is 15.9 Å². The van der Waals surface area contributed by atoms with Gasteiger partial charge in [-0.1, -0.05) is 25.3 Å². The predicted octanol–water partition coefficient (Wildman–Crippen LogP) is 4.12. The molecule has 0 bridgehead atoms. The van der Waals surface area contributed by atoms with Crippen LogP contribution in [0.4, 0.5) is 5.69 Å². The van der Waals surface area contributed by atoms with Crippen molar-refractivity contribution in [3.63, 3.8) is 0 Å². The van der Waals surface area contributed by atoms with Crippen LogP contribution in [0.15, 0.2) is 22.7 Å². The first-order valence-electron chi connectivity index (χ1n) is 6.82. The molecule has 1 aliphatic heterocycles. The first-order chi connectivity index (χ1) is 9.16. The minimum absolute atomic E-state index is 0.157. The molecule has 0 aliphatic carbocycles. The van der Waals surface area contributed by atoms with E-state index in [1.807, 2.05) is 6.07 Å². The Morgan fingerprint density at radius 3 is 2.42 bits per heavy atom. The molecule has 0 atom stereocenters. The number of likely N-dealkylation sites (tertiary alicyclic amines) is 1. The molecule has 0 unspecified atom stereocenters. The van der Waals surface area contributed by atoms with E-state index in [2.05, 4.69) is 20.8 Å². The molecule has 5 heteroatoms. The molecular formula is C14H19BrN2O2. The van der Waals surface area contributed by atoms with Crippen molar-refractivity contribution in [3.05, 3.63) is 38.3 Å². The zero-order chi connectivity index (χ0) is 13.7. The van der Waals surface area contributed by atoms with Crippen molar-refractivity contribution in [2.75, 3.05) is 13.1 Å². The van der Waals surface area contributed by atoms with Crippen molar-refractivity contribution in [1.82, 2.24) is 4.90 Å². The van der Waals surface area contributed by atoms with Crippen molar-refractivity contribution in [2.45, 2.75) is 38.6 Å². The third kappa shape index (κ3) is 4.28. The third-order valence-corrected chi connectivity index (χ3v) is 4.23. The van der Waals surface area contributed by atoms with Crippen LogP contribution < -0.4 is 0 Å². The topological polar surface area (TPSA) is 46.4 Å². The fourth-order valence-electron chi connectivity index (χ4n) is 2.53. The molecule has 1 aromatic rings. The predicted molar refractivity (Wildman–Crippen MR) is 79.2 cm³/mol. The van der Waals surface area contributed by atoms with E-state index in [4.69, 9.17) is 0 Å². The van der Waals surface area contributed by atoms with Crippen LogP contribution in [0.5, 0.6) is 0 Å². The van der Waals surface area contributed by atoms with Gasteiger partial charge in [0, 0.05) is 12.6 Å². The molecule has 19 heavy (non-hydrogen) atoms. The summed E-state index contributed by atoms with van der Waals surface area (Å²) >= 11 is 3.22. The third-order valence-electron chi connectivity index (χ3n) is 3.56. The Morgan fingerprint density at radius 1 is 1.16 bits per heavy atom. The Balaban J connectivity index is 2.05. The van der Waals surface area contributed by atoms with Crippen LogP contribution in [0.2, 0.25) is 0 Å². The van der Waals surface area contributed by atoms with Gasteiger partial charge in [-0.15, -0.1) is 0 Å². The number of benzene rings is 1. The van der Waals surface area contributed by atoms with E-state index in [1.165, 1.54) is 32.1 Å². The van der Waals surface area contributed by atoms with Crippen LogP contribution in [0.3, 0.4) is 0 Å². The lowest BCUT2D eigenvalue weighted by Gasteiger charge is -2.24. The molecule has 0 radical (unpaired) electrons. The summed E-state index contributed by atoms with van der Waals surface area (Å²) in [7, 11) is 0. The maximum atomic E-state index is 10.9. The van der Waals surface area contributed by atoms with Gasteiger partial charge in [0.2, 0.25) is 0 Å². The van der Waals surface area contributed by atoms with Crippen LogP contribution in [0, 0.1) is 10.1 Å². The lowest BCUT2D eigenvalue weighted by Crippen LogP contribution is -2.26. The lowest BCUT2D eigenvalue weighted by atomic mass is 10.1. The van der Waals surface area contributed by atoms with E-state index in [-0.39, 0.29) is 10.6 Å². The van der Waals surface area contributed by atoms with Crippen molar-refractivity contribution < 1.29 is 4.92 Å². The summed E-state index contributed by atoms with van der Waals surface area (Å²) in [6, 6.07) is 5.43. The summed E-state index contributed by atoms with van der Waals surface area (Å²) in [5, 5.41) is 10.9. The van der Waals surface area contributed by atoms with Crippen LogP contribution in [0.1, 0.15) is 37.7 Å². The molecule has 0 aromatic heterocycles. The number of halogens is 1. The Morgan fingerprint density at radius 2 is 1.79 bits per heavy atom. The van der Waals surface area contributed by atoms with E-state index in [1.54, 1.807) is 12.1 Å². The number of rotatable bonds is 3. The Bertz CT molecular complexity index is 443. The van der Waals surface area contributed by atoms with Gasteiger partial charge in [-0.05, 0) is 53.5 Å². The Hall–Kier alpha value is -0.940. The number of hydrogen-bond donors (Lipinski definition) is 0. The van der Waals surface area contributed by atoms with Crippen LogP contribution in [0.25, 0.3) is 0 Å². The first-order valence-corrected chi connectivity index (χ1v) is 7.61. The highest BCUT2D eigenvalue weighted by Gasteiger charge is 2.14. The second-order valence-corrected chi connectivity index (χ2v) is 5.94. The van der Waals surface area contributed by atoms with Gasteiger partial charge < -0.3 is 0 Å². The van der Waals surface area contributed by atoms with Crippen molar-refractivity contribution in [3.8, 4) is 0 Å². The quantitative estimate of drug-likeness (QED) is 0.620. The van der Waals surface area contributed by atoms with Gasteiger partial charge in [0.15, 0.2) is 0 Å². The van der Waals surface area contributed by atoms with Crippen molar-refractivity contribution >= 4 is 21.6 Å².